The molecule has 106 valence electrons. The van der Waals surface area contributed by atoms with Crippen molar-refractivity contribution in [3.05, 3.63) is 70.7 Å². The predicted molar refractivity (Wildman–Crippen MR) is 85.0 cm³/mol. The smallest absolute Gasteiger partial charge is 0.315 e. The highest BCUT2D eigenvalue weighted by atomic mass is 35.5. The van der Waals surface area contributed by atoms with E-state index in [1.807, 2.05) is 48.5 Å². The Kier molecular flexibility index (Phi) is 5.69. The molecule has 0 atom stereocenters. The molecule has 0 radical (unpaired) electrons. The van der Waals surface area contributed by atoms with E-state index in [9.17, 15) is 4.79 Å². The van der Waals surface area contributed by atoms with E-state index in [4.69, 9.17) is 11.6 Å². The number of carbonyl (C=O) groups is 1. The summed E-state index contributed by atoms with van der Waals surface area (Å²) in [6, 6.07) is 16.8. The summed E-state index contributed by atoms with van der Waals surface area (Å²) in [5, 5.41) is 6.05. The van der Waals surface area contributed by atoms with E-state index < -0.39 is 0 Å². The normalized spacial score (nSPS) is 9.38. The standard InChI is InChI=1S/C17H15ClN2O/c18-16-11-5-4-9-15(16)10-6-12-19-17(21)20-13-14-7-2-1-3-8-14/h1-5,7-9,11H,12-13H2,(H2,19,20,21). The van der Waals surface area contributed by atoms with Gasteiger partial charge in [-0.3, -0.25) is 0 Å². The van der Waals surface area contributed by atoms with Gasteiger partial charge < -0.3 is 10.6 Å². The minimum atomic E-state index is -0.243. The number of carbonyl (C=O) groups excluding carboxylic acids is 1. The fourth-order valence-corrected chi connectivity index (χ4v) is 1.85. The molecule has 0 spiro atoms. The van der Waals surface area contributed by atoms with Gasteiger partial charge in [-0.1, -0.05) is 65.9 Å². The molecule has 2 N–H and O–H groups in total. The van der Waals surface area contributed by atoms with Gasteiger partial charge in [-0.25, -0.2) is 4.79 Å². The van der Waals surface area contributed by atoms with Crippen LogP contribution < -0.4 is 10.6 Å². The van der Waals surface area contributed by atoms with E-state index in [0.717, 1.165) is 11.1 Å². The number of halogens is 1. The zero-order valence-electron chi connectivity index (χ0n) is 11.4. The first kappa shape index (κ1) is 15.0. The van der Waals surface area contributed by atoms with E-state index >= 15 is 0 Å². The molecule has 0 aliphatic heterocycles. The van der Waals surface area contributed by atoms with Gasteiger partial charge in [0.25, 0.3) is 0 Å². The number of hydrogen-bond acceptors (Lipinski definition) is 1. The van der Waals surface area contributed by atoms with Gasteiger partial charge in [-0.05, 0) is 17.7 Å². The number of nitrogens with one attached hydrogen (secondary N) is 2. The summed E-state index contributed by atoms with van der Waals surface area (Å²) in [6.07, 6.45) is 0. The SMILES string of the molecule is O=C(NCC#Cc1ccccc1Cl)NCc1ccccc1. The second kappa shape index (κ2) is 7.98. The molecule has 2 aromatic rings. The Morgan fingerprint density at radius 3 is 2.48 bits per heavy atom. The van der Waals surface area contributed by atoms with Crippen molar-refractivity contribution in [2.24, 2.45) is 0 Å². The summed E-state index contributed by atoms with van der Waals surface area (Å²) >= 11 is 5.98. The van der Waals surface area contributed by atoms with Crippen molar-refractivity contribution in [2.45, 2.75) is 6.54 Å². The van der Waals surface area contributed by atoms with Gasteiger partial charge in [-0.15, -0.1) is 0 Å². The minimum absolute atomic E-state index is 0.243. The van der Waals surface area contributed by atoms with Crippen LogP contribution in [0.15, 0.2) is 54.6 Å². The predicted octanol–water partition coefficient (Wildman–Crippen LogP) is 3.19. The summed E-state index contributed by atoms with van der Waals surface area (Å²) in [7, 11) is 0. The third-order valence-corrected chi connectivity index (χ3v) is 3.06. The molecule has 0 aliphatic carbocycles. The molecule has 2 aromatic carbocycles. The fraction of sp³-hybridized carbons (Fsp3) is 0.118. The van der Waals surface area contributed by atoms with Crippen LogP contribution in [-0.4, -0.2) is 12.6 Å². The van der Waals surface area contributed by atoms with E-state index in [-0.39, 0.29) is 12.6 Å². The quantitative estimate of drug-likeness (QED) is 0.840. The first-order valence-corrected chi connectivity index (χ1v) is 6.92. The zero-order chi connectivity index (χ0) is 14.9. The Morgan fingerprint density at radius 1 is 1.00 bits per heavy atom. The van der Waals surface area contributed by atoms with Crippen molar-refractivity contribution in [3.63, 3.8) is 0 Å². The highest BCUT2D eigenvalue weighted by molar-refractivity contribution is 6.31. The largest absolute Gasteiger partial charge is 0.334 e. The van der Waals surface area contributed by atoms with E-state index in [0.29, 0.717) is 11.6 Å². The lowest BCUT2D eigenvalue weighted by atomic mass is 10.2. The Morgan fingerprint density at radius 2 is 1.71 bits per heavy atom. The van der Waals surface area contributed by atoms with Crippen molar-refractivity contribution < 1.29 is 4.79 Å². The van der Waals surface area contributed by atoms with Crippen LogP contribution >= 0.6 is 11.6 Å². The maximum Gasteiger partial charge on any atom is 0.315 e. The number of hydrogen-bond donors (Lipinski definition) is 2. The third-order valence-electron chi connectivity index (χ3n) is 2.73. The van der Waals surface area contributed by atoms with Crippen LogP contribution in [0.25, 0.3) is 0 Å². The molecule has 0 fully saturated rings. The average molecular weight is 299 g/mol. The van der Waals surface area contributed by atoms with Gasteiger partial charge in [0, 0.05) is 12.1 Å². The van der Waals surface area contributed by atoms with Crippen LogP contribution in [0.5, 0.6) is 0 Å². The van der Waals surface area contributed by atoms with Gasteiger partial charge in [0.05, 0.1) is 11.6 Å². The lowest BCUT2D eigenvalue weighted by molar-refractivity contribution is 0.241. The van der Waals surface area contributed by atoms with Crippen molar-refractivity contribution in [1.29, 1.82) is 0 Å². The zero-order valence-corrected chi connectivity index (χ0v) is 12.2. The maximum absolute atomic E-state index is 11.6. The summed E-state index contributed by atoms with van der Waals surface area (Å²) in [4.78, 5) is 11.6. The fourth-order valence-electron chi connectivity index (χ4n) is 1.67. The molecule has 0 saturated heterocycles. The van der Waals surface area contributed by atoms with Crippen LogP contribution in [0.2, 0.25) is 5.02 Å². The molecule has 0 heterocycles. The van der Waals surface area contributed by atoms with E-state index in [1.165, 1.54) is 0 Å². The molecule has 0 saturated carbocycles. The summed E-state index contributed by atoms with van der Waals surface area (Å²) in [6.45, 7) is 0.760. The molecule has 21 heavy (non-hydrogen) atoms. The summed E-state index contributed by atoms with van der Waals surface area (Å²) in [5.74, 6) is 5.78. The van der Waals surface area contributed by atoms with Gasteiger partial charge in [0.15, 0.2) is 0 Å². The molecule has 0 unspecified atom stereocenters. The third kappa shape index (κ3) is 5.21. The monoisotopic (exact) mass is 298 g/mol. The second-order valence-electron chi connectivity index (χ2n) is 4.30. The van der Waals surface area contributed by atoms with Crippen LogP contribution in [0.3, 0.4) is 0 Å². The molecule has 2 rings (SSSR count). The minimum Gasteiger partial charge on any atom is -0.334 e. The van der Waals surface area contributed by atoms with E-state index in [2.05, 4.69) is 22.5 Å². The molecule has 0 aliphatic rings. The van der Waals surface area contributed by atoms with Gasteiger partial charge in [0.2, 0.25) is 0 Å². The number of benzene rings is 2. The highest BCUT2D eigenvalue weighted by Crippen LogP contribution is 2.12. The lowest BCUT2D eigenvalue weighted by Gasteiger charge is -2.05. The Bertz CT molecular complexity index is 659. The van der Waals surface area contributed by atoms with Crippen molar-refractivity contribution >= 4 is 17.6 Å². The van der Waals surface area contributed by atoms with Crippen LogP contribution in [0.1, 0.15) is 11.1 Å². The van der Waals surface area contributed by atoms with Crippen LogP contribution in [0, 0.1) is 11.8 Å². The molecular weight excluding hydrogens is 284 g/mol. The first-order chi connectivity index (χ1) is 10.3. The van der Waals surface area contributed by atoms with E-state index in [1.54, 1.807) is 6.07 Å². The summed E-state index contributed by atoms with van der Waals surface area (Å²) in [5.41, 5.74) is 1.81. The Hall–Kier alpha value is -2.44. The first-order valence-electron chi connectivity index (χ1n) is 6.55. The molecular formula is C17H15ClN2O. The van der Waals surface area contributed by atoms with Crippen molar-refractivity contribution in [3.8, 4) is 11.8 Å². The number of amides is 2. The molecule has 0 bridgehead atoms. The summed E-state index contributed by atoms with van der Waals surface area (Å²) < 4.78 is 0. The molecule has 0 aromatic heterocycles. The van der Waals surface area contributed by atoms with Gasteiger partial charge >= 0.3 is 6.03 Å². The lowest BCUT2D eigenvalue weighted by Crippen LogP contribution is -2.35. The topological polar surface area (TPSA) is 41.1 Å². The van der Waals surface area contributed by atoms with Gasteiger partial charge in [0.1, 0.15) is 0 Å². The Balaban J connectivity index is 1.74. The maximum atomic E-state index is 11.6. The molecule has 4 heteroatoms. The average Bonchev–Trinajstić information content (AvgIpc) is 2.52. The molecule has 3 nitrogen and oxygen atoms in total. The van der Waals surface area contributed by atoms with Gasteiger partial charge in [-0.2, -0.15) is 0 Å². The van der Waals surface area contributed by atoms with Crippen LogP contribution in [0.4, 0.5) is 4.79 Å². The number of rotatable bonds is 3. The number of urea groups is 1. The van der Waals surface area contributed by atoms with Crippen LogP contribution in [-0.2, 0) is 6.54 Å². The van der Waals surface area contributed by atoms with Crippen molar-refractivity contribution in [2.75, 3.05) is 6.54 Å². The van der Waals surface area contributed by atoms with Crippen molar-refractivity contribution in [1.82, 2.24) is 10.6 Å². The Labute approximate surface area is 129 Å². The highest BCUT2D eigenvalue weighted by Gasteiger charge is 1.98. The molecule has 2 amide bonds. The second-order valence-corrected chi connectivity index (χ2v) is 4.71.